The molecule has 0 bridgehead atoms. The molecule has 1 aromatic heterocycles. The van der Waals surface area contributed by atoms with Crippen LogP contribution in [0.2, 0.25) is 0 Å². The fourth-order valence-electron chi connectivity index (χ4n) is 7.90. The normalized spacial score (nSPS) is 11.3. The molecule has 0 fully saturated rings. The van der Waals surface area contributed by atoms with Crippen LogP contribution >= 0.6 is 0 Å². The number of anilines is 3. The highest BCUT2D eigenvalue weighted by atomic mass is 16.3. The van der Waals surface area contributed by atoms with Crippen molar-refractivity contribution >= 4 is 49.8 Å². The molecule has 0 aliphatic rings. The van der Waals surface area contributed by atoms with Crippen LogP contribution in [0.1, 0.15) is 0 Å². The van der Waals surface area contributed by atoms with Gasteiger partial charge >= 0.3 is 0 Å². The first-order chi connectivity index (χ1) is 26.8. The minimum atomic E-state index is 0.882. The molecule has 0 aliphatic heterocycles. The second kappa shape index (κ2) is 13.4. The summed E-state index contributed by atoms with van der Waals surface area (Å²) in [6.07, 6.45) is 0. The number of nitrogens with zero attached hydrogens (tertiary/aromatic N) is 1. The van der Waals surface area contributed by atoms with Crippen LogP contribution in [0.25, 0.3) is 77.2 Å². The van der Waals surface area contributed by atoms with Gasteiger partial charge in [0.1, 0.15) is 11.2 Å². The van der Waals surface area contributed by atoms with Gasteiger partial charge in [-0.1, -0.05) is 182 Å². The third-order valence-electron chi connectivity index (χ3n) is 10.5. The van der Waals surface area contributed by atoms with Crippen LogP contribution in [0.15, 0.2) is 217 Å². The SMILES string of the molecule is c1ccc(-c2ccc(-c3ccc(N(c4ccccc4-c4ccccc4)c4cc5c(oc6cccc(-c7ccccc7)c65)c5ccccc45)cc3)cc2)cc1. The second-order valence-corrected chi connectivity index (χ2v) is 13.7. The Balaban J connectivity index is 1.19. The highest BCUT2D eigenvalue weighted by Crippen LogP contribution is 2.48. The minimum absolute atomic E-state index is 0.882. The van der Waals surface area contributed by atoms with Crippen molar-refractivity contribution in [2.45, 2.75) is 0 Å². The molecule has 0 amide bonds. The van der Waals surface area contributed by atoms with Gasteiger partial charge in [0, 0.05) is 32.8 Å². The Hall–Kier alpha value is -7.16. The lowest BCUT2D eigenvalue weighted by Gasteiger charge is -2.29. The van der Waals surface area contributed by atoms with E-state index < -0.39 is 0 Å². The maximum Gasteiger partial charge on any atom is 0.143 e. The van der Waals surface area contributed by atoms with Gasteiger partial charge in [0.05, 0.1) is 11.4 Å². The third kappa shape index (κ3) is 5.53. The van der Waals surface area contributed by atoms with E-state index in [9.17, 15) is 0 Å². The Kier molecular flexibility index (Phi) is 7.85. The van der Waals surface area contributed by atoms with Crippen LogP contribution in [0.4, 0.5) is 17.1 Å². The van der Waals surface area contributed by atoms with Gasteiger partial charge in [-0.05, 0) is 69.3 Å². The lowest BCUT2D eigenvalue weighted by molar-refractivity contribution is 0.673. The first-order valence-corrected chi connectivity index (χ1v) is 18.4. The smallest absolute Gasteiger partial charge is 0.143 e. The topological polar surface area (TPSA) is 16.4 Å². The molecule has 0 saturated carbocycles. The summed E-state index contributed by atoms with van der Waals surface area (Å²) < 4.78 is 6.75. The molecule has 0 atom stereocenters. The number of rotatable bonds is 7. The van der Waals surface area contributed by atoms with Crippen LogP contribution in [-0.2, 0) is 0 Å². The molecule has 254 valence electrons. The van der Waals surface area contributed by atoms with Gasteiger partial charge in [-0.15, -0.1) is 0 Å². The average molecular weight is 690 g/mol. The predicted molar refractivity (Wildman–Crippen MR) is 228 cm³/mol. The number of para-hydroxylation sites is 1. The van der Waals surface area contributed by atoms with E-state index >= 15 is 0 Å². The van der Waals surface area contributed by atoms with E-state index in [1.165, 1.54) is 33.4 Å². The lowest BCUT2D eigenvalue weighted by atomic mass is 9.96. The zero-order valence-corrected chi connectivity index (χ0v) is 29.6. The standard InChI is InChI=1S/C52H35NO/c1-4-15-36(16-5-1)37-27-29-38(30-28-37)39-31-33-42(34-32-39)53(48-25-13-12-21-43(48)40-17-6-2-7-18-40)49-35-47-51-44(41-19-8-3-9-20-41)24-14-26-50(51)54-52(47)46-23-11-10-22-45(46)49/h1-35H. The van der Waals surface area contributed by atoms with Crippen LogP contribution in [0.5, 0.6) is 0 Å². The summed E-state index contributed by atoms with van der Waals surface area (Å²) in [5.41, 5.74) is 14.5. The van der Waals surface area contributed by atoms with E-state index in [1.54, 1.807) is 0 Å². The van der Waals surface area contributed by atoms with E-state index in [2.05, 4.69) is 217 Å². The Morgan fingerprint density at radius 2 is 0.796 bits per heavy atom. The van der Waals surface area contributed by atoms with E-state index in [-0.39, 0.29) is 0 Å². The Labute approximate surface area is 314 Å². The van der Waals surface area contributed by atoms with Gasteiger partial charge in [-0.3, -0.25) is 0 Å². The molecule has 2 nitrogen and oxygen atoms in total. The molecule has 9 aromatic carbocycles. The van der Waals surface area contributed by atoms with Crippen LogP contribution in [-0.4, -0.2) is 0 Å². The van der Waals surface area contributed by atoms with Crippen molar-refractivity contribution in [3.8, 4) is 44.5 Å². The van der Waals surface area contributed by atoms with Crippen molar-refractivity contribution in [1.82, 2.24) is 0 Å². The third-order valence-corrected chi connectivity index (χ3v) is 10.5. The van der Waals surface area contributed by atoms with Gasteiger partial charge in [-0.2, -0.15) is 0 Å². The van der Waals surface area contributed by atoms with Crippen molar-refractivity contribution in [3.05, 3.63) is 212 Å². The lowest BCUT2D eigenvalue weighted by Crippen LogP contribution is -2.12. The number of benzene rings is 9. The van der Waals surface area contributed by atoms with Crippen LogP contribution in [0, 0.1) is 0 Å². The minimum Gasteiger partial charge on any atom is -0.455 e. The molecule has 0 unspecified atom stereocenters. The number of hydrogen-bond acceptors (Lipinski definition) is 2. The van der Waals surface area contributed by atoms with Crippen molar-refractivity contribution < 1.29 is 4.42 Å². The Morgan fingerprint density at radius 3 is 1.44 bits per heavy atom. The van der Waals surface area contributed by atoms with Gasteiger partial charge in [0.25, 0.3) is 0 Å². The largest absolute Gasteiger partial charge is 0.455 e. The van der Waals surface area contributed by atoms with E-state index in [4.69, 9.17) is 4.42 Å². The fraction of sp³-hybridized carbons (Fsp3) is 0. The summed E-state index contributed by atoms with van der Waals surface area (Å²) in [6.45, 7) is 0. The zero-order valence-electron chi connectivity index (χ0n) is 29.6. The Bertz CT molecular complexity index is 2890. The summed E-state index contributed by atoms with van der Waals surface area (Å²) in [6, 6.07) is 75.8. The average Bonchev–Trinajstić information content (AvgIpc) is 3.64. The molecule has 0 N–H and O–H groups in total. The molecule has 0 aliphatic carbocycles. The fourth-order valence-corrected chi connectivity index (χ4v) is 7.90. The van der Waals surface area contributed by atoms with Crippen LogP contribution in [0.3, 0.4) is 0 Å². The molecule has 54 heavy (non-hydrogen) atoms. The molecule has 0 saturated heterocycles. The van der Waals surface area contributed by atoms with Crippen molar-refractivity contribution in [3.63, 3.8) is 0 Å². The van der Waals surface area contributed by atoms with Gasteiger partial charge in [0.15, 0.2) is 0 Å². The summed E-state index contributed by atoms with van der Waals surface area (Å²) >= 11 is 0. The molecule has 10 rings (SSSR count). The van der Waals surface area contributed by atoms with Crippen molar-refractivity contribution in [1.29, 1.82) is 0 Å². The molecule has 10 aromatic rings. The van der Waals surface area contributed by atoms with Gasteiger partial charge < -0.3 is 9.32 Å². The van der Waals surface area contributed by atoms with E-state index in [0.29, 0.717) is 0 Å². The maximum absolute atomic E-state index is 6.75. The van der Waals surface area contributed by atoms with E-state index in [1.807, 2.05) is 0 Å². The van der Waals surface area contributed by atoms with Crippen molar-refractivity contribution in [2.24, 2.45) is 0 Å². The predicted octanol–water partition coefficient (Wildman–Crippen LogP) is 14.9. The highest BCUT2D eigenvalue weighted by Gasteiger charge is 2.23. The molecular formula is C52H35NO. The number of fused-ring (bicyclic) bond motifs is 5. The summed E-state index contributed by atoms with van der Waals surface area (Å²) in [5.74, 6) is 0. The second-order valence-electron chi connectivity index (χ2n) is 13.7. The Morgan fingerprint density at radius 1 is 0.315 bits per heavy atom. The molecule has 1 heterocycles. The molecule has 0 radical (unpaired) electrons. The zero-order chi connectivity index (χ0) is 35.8. The quantitative estimate of drug-likeness (QED) is 0.166. The van der Waals surface area contributed by atoms with Crippen LogP contribution < -0.4 is 4.90 Å². The summed E-state index contributed by atoms with van der Waals surface area (Å²) in [5, 5.41) is 4.41. The number of furan rings is 1. The highest BCUT2D eigenvalue weighted by molar-refractivity contribution is 6.22. The summed E-state index contributed by atoms with van der Waals surface area (Å²) in [7, 11) is 0. The maximum atomic E-state index is 6.75. The van der Waals surface area contributed by atoms with Gasteiger partial charge in [-0.25, -0.2) is 0 Å². The molecular weight excluding hydrogens is 655 g/mol. The van der Waals surface area contributed by atoms with E-state index in [0.717, 1.165) is 60.9 Å². The van der Waals surface area contributed by atoms with Gasteiger partial charge in [0.2, 0.25) is 0 Å². The molecule has 2 heteroatoms. The summed E-state index contributed by atoms with van der Waals surface area (Å²) in [4.78, 5) is 2.43. The van der Waals surface area contributed by atoms with Crippen molar-refractivity contribution in [2.75, 3.05) is 4.90 Å². The molecule has 0 spiro atoms. The number of hydrogen-bond donors (Lipinski definition) is 0. The first-order valence-electron chi connectivity index (χ1n) is 18.4. The monoisotopic (exact) mass is 689 g/mol. The first kappa shape index (κ1) is 31.6.